The van der Waals surface area contributed by atoms with Crippen molar-refractivity contribution in [2.75, 3.05) is 0 Å². The number of nitrogens with zero attached hydrogens (tertiary/aromatic N) is 1. The summed E-state index contributed by atoms with van der Waals surface area (Å²) in [6, 6.07) is 6.18. The van der Waals surface area contributed by atoms with E-state index in [0.29, 0.717) is 12.0 Å². The SMILES string of the molecule is O=[N+]([O-])C1c2ccccc2CC1O. The van der Waals surface area contributed by atoms with E-state index in [1.807, 2.05) is 12.1 Å². The summed E-state index contributed by atoms with van der Waals surface area (Å²) >= 11 is 0. The van der Waals surface area contributed by atoms with E-state index in [2.05, 4.69) is 0 Å². The van der Waals surface area contributed by atoms with Crippen LogP contribution < -0.4 is 0 Å². The largest absolute Gasteiger partial charge is 0.385 e. The van der Waals surface area contributed by atoms with Crippen molar-refractivity contribution in [2.45, 2.75) is 18.6 Å². The first kappa shape index (κ1) is 8.19. The first-order valence-electron chi connectivity index (χ1n) is 4.09. The molecule has 13 heavy (non-hydrogen) atoms. The van der Waals surface area contributed by atoms with Crippen molar-refractivity contribution in [1.82, 2.24) is 0 Å². The molecule has 0 aliphatic heterocycles. The van der Waals surface area contributed by atoms with Crippen molar-refractivity contribution in [2.24, 2.45) is 0 Å². The summed E-state index contributed by atoms with van der Waals surface area (Å²) in [6.45, 7) is 0. The lowest BCUT2D eigenvalue weighted by Crippen LogP contribution is -2.20. The highest BCUT2D eigenvalue weighted by atomic mass is 16.6. The van der Waals surface area contributed by atoms with Gasteiger partial charge in [0, 0.05) is 16.9 Å². The number of benzene rings is 1. The van der Waals surface area contributed by atoms with E-state index in [1.165, 1.54) is 0 Å². The maximum absolute atomic E-state index is 10.6. The summed E-state index contributed by atoms with van der Waals surface area (Å²) in [5, 5.41) is 20.1. The fourth-order valence-electron chi connectivity index (χ4n) is 1.81. The molecular weight excluding hydrogens is 170 g/mol. The predicted molar refractivity (Wildman–Crippen MR) is 45.9 cm³/mol. The maximum atomic E-state index is 10.6. The molecule has 0 radical (unpaired) electrons. The first-order chi connectivity index (χ1) is 6.20. The average Bonchev–Trinajstić information content (AvgIpc) is 2.39. The lowest BCUT2D eigenvalue weighted by atomic mass is 10.1. The number of fused-ring (bicyclic) bond motifs is 1. The molecule has 0 aromatic heterocycles. The van der Waals surface area contributed by atoms with Crippen LogP contribution in [-0.4, -0.2) is 16.1 Å². The van der Waals surface area contributed by atoms with Crippen molar-refractivity contribution >= 4 is 0 Å². The fourth-order valence-corrected chi connectivity index (χ4v) is 1.81. The van der Waals surface area contributed by atoms with Crippen LogP contribution >= 0.6 is 0 Å². The molecule has 0 amide bonds. The predicted octanol–water partition coefficient (Wildman–Crippen LogP) is 0.921. The van der Waals surface area contributed by atoms with Crippen LogP contribution in [0, 0.1) is 10.1 Å². The summed E-state index contributed by atoms with van der Waals surface area (Å²) in [5.74, 6) is 0. The van der Waals surface area contributed by atoms with Gasteiger partial charge in [-0.1, -0.05) is 24.3 Å². The molecule has 68 valence electrons. The maximum Gasteiger partial charge on any atom is 0.264 e. The Hall–Kier alpha value is -1.42. The minimum atomic E-state index is -0.934. The van der Waals surface area contributed by atoms with E-state index >= 15 is 0 Å². The standard InChI is InChI=1S/C9H9NO3/c11-8-5-6-3-1-2-4-7(6)9(8)10(12)13/h1-4,8-9,11H,5H2. The highest BCUT2D eigenvalue weighted by Crippen LogP contribution is 2.33. The molecule has 2 rings (SSSR count). The molecule has 0 saturated carbocycles. The molecule has 1 aromatic rings. The molecule has 1 N–H and O–H groups in total. The van der Waals surface area contributed by atoms with Crippen molar-refractivity contribution in [3.05, 3.63) is 45.5 Å². The molecule has 0 saturated heterocycles. The molecule has 1 aromatic carbocycles. The summed E-state index contributed by atoms with van der Waals surface area (Å²) in [4.78, 5) is 10.2. The van der Waals surface area contributed by atoms with Crippen LogP contribution in [0.15, 0.2) is 24.3 Å². The van der Waals surface area contributed by atoms with E-state index in [9.17, 15) is 15.2 Å². The van der Waals surface area contributed by atoms with E-state index in [0.717, 1.165) is 5.56 Å². The number of nitro groups is 1. The molecule has 0 spiro atoms. The number of rotatable bonds is 1. The van der Waals surface area contributed by atoms with Gasteiger partial charge in [0.1, 0.15) is 6.10 Å². The van der Waals surface area contributed by atoms with Gasteiger partial charge in [-0.3, -0.25) is 10.1 Å². The van der Waals surface area contributed by atoms with E-state index in [4.69, 9.17) is 0 Å². The topological polar surface area (TPSA) is 63.4 Å². The van der Waals surface area contributed by atoms with Crippen LogP contribution in [0.3, 0.4) is 0 Å². The first-order valence-corrected chi connectivity index (χ1v) is 4.09. The van der Waals surface area contributed by atoms with Crippen LogP contribution in [0.4, 0.5) is 0 Å². The minimum absolute atomic E-state index is 0.391. The van der Waals surface area contributed by atoms with Crippen molar-refractivity contribution in [1.29, 1.82) is 0 Å². The number of aliphatic hydroxyl groups excluding tert-OH is 1. The average molecular weight is 179 g/mol. The highest BCUT2D eigenvalue weighted by Gasteiger charge is 2.39. The van der Waals surface area contributed by atoms with Crippen molar-refractivity contribution < 1.29 is 10.0 Å². The zero-order valence-corrected chi connectivity index (χ0v) is 6.88. The van der Waals surface area contributed by atoms with Crippen LogP contribution in [0.25, 0.3) is 0 Å². The van der Waals surface area contributed by atoms with Gasteiger partial charge < -0.3 is 5.11 Å². The molecule has 2 atom stereocenters. The summed E-state index contributed by atoms with van der Waals surface area (Å²) in [5.41, 5.74) is 1.54. The van der Waals surface area contributed by atoms with Crippen LogP contribution in [0.2, 0.25) is 0 Å². The molecule has 1 aliphatic rings. The molecule has 4 nitrogen and oxygen atoms in total. The Morgan fingerprint density at radius 2 is 2.15 bits per heavy atom. The number of aliphatic hydroxyl groups is 1. The van der Waals surface area contributed by atoms with Crippen molar-refractivity contribution in [3.8, 4) is 0 Å². The van der Waals surface area contributed by atoms with E-state index in [-0.39, 0.29) is 0 Å². The van der Waals surface area contributed by atoms with Gasteiger partial charge in [-0.2, -0.15) is 0 Å². The van der Waals surface area contributed by atoms with Gasteiger partial charge in [-0.15, -0.1) is 0 Å². The molecular formula is C9H9NO3. The van der Waals surface area contributed by atoms with Crippen molar-refractivity contribution in [3.63, 3.8) is 0 Å². The van der Waals surface area contributed by atoms with E-state index < -0.39 is 17.1 Å². The Kier molecular flexibility index (Phi) is 1.77. The zero-order chi connectivity index (χ0) is 9.42. The third-order valence-corrected chi connectivity index (χ3v) is 2.39. The van der Waals surface area contributed by atoms with Gasteiger partial charge >= 0.3 is 0 Å². The molecule has 0 bridgehead atoms. The van der Waals surface area contributed by atoms with Crippen LogP contribution in [0.5, 0.6) is 0 Å². The van der Waals surface area contributed by atoms with Gasteiger partial charge in [0.25, 0.3) is 6.04 Å². The van der Waals surface area contributed by atoms with Crippen LogP contribution in [-0.2, 0) is 6.42 Å². The molecule has 2 unspecified atom stereocenters. The monoisotopic (exact) mass is 179 g/mol. The minimum Gasteiger partial charge on any atom is -0.385 e. The van der Waals surface area contributed by atoms with Gasteiger partial charge in [0.2, 0.25) is 0 Å². The molecule has 1 aliphatic carbocycles. The van der Waals surface area contributed by atoms with E-state index in [1.54, 1.807) is 12.1 Å². The second-order valence-corrected chi connectivity index (χ2v) is 3.20. The fraction of sp³-hybridized carbons (Fsp3) is 0.333. The van der Waals surface area contributed by atoms with Gasteiger partial charge in [0.05, 0.1) is 0 Å². The van der Waals surface area contributed by atoms with Gasteiger partial charge in [-0.25, -0.2) is 0 Å². The molecule has 4 heteroatoms. The summed E-state index contributed by atoms with van der Waals surface area (Å²) in [7, 11) is 0. The third-order valence-electron chi connectivity index (χ3n) is 2.39. The Labute approximate surface area is 75.0 Å². The number of hydrogen-bond donors (Lipinski definition) is 1. The Balaban J connectivity index is 2.46. The molecule has 0 heterocycles. The second-order valence-electron chi connectivity index (χ2n) is 3.20. The Morgan fingerprint density at radius 3 is 2.85 bits per heavy atom. The van der Waals surface area contributed by atoms with Crippen LogP contribution in [0.1, 0.15) is 17.2 Å². The lowest BCUT2D eigenvalue weighted by molar-refractivity contribution is -0.538. The Morgan fingerprint density at radius 1 is 1.46 bits per heavy atom. The lowest BCUT2D eigenvalue weighted by Gasteiger charge is -2.05. The Bertz CT molecular complexity index is 350. The second kappa shape index (κ2) is 2.81. The quantitative estimate of drug-likeness (QED) is 0.515. The zero-order valence-electron chi connectivity index (χ0n) is 6.88. The normalized spacial score (nSPS) is 25.6. The van der Waals surface area contributed by atoms with Gasteiger partial charge in [0.15, 0.2) is 0 Å². The van der Waals surface area contributed by atoms with Gasteiger partial charge in [-0.05, 0) is 5.56 Å². The number of hydrogen-bond acceptors (Lipinski definition) is 3. The summed E-state index contributed by atoms with van der Waals surface area (Å²) < 4.78 is 0. The third kappa shape index (κ3) is 1.19. The molecule has 0 fully saturated rings. The summed E-state index contributed by atoms with van der Waals surface area (Å²) in [6.07, 6.45) is -0.477. The smallest absolute Gasteiger partial charge is 0.264 e. The highest BCUT2D eigenvalue weighted by molar-refractivity contribution is 5.34.